The number of amides is 1. The highest BCUT2D eigenvalue weighted by Gasteiger charge is 2.35. The van der Waals surface area contributed by atoms with Gasteiger partial charge >= 0.3 is 0 Å². The quantitative estimate of drug-likeness (QED) is 0.304. The molecule has 0 bridgehead atoms. The van der Waals surface area contributed by atoms with Gasteiger partial charge in [0.05, 0.1) is 32.4 Å². The summed E-state index contributed by atoms with van der Waals surface area (Å²) < 4.78 is 30.6. The molecule has 1 amide bonds. The van der Waals surface area contributed by atoms with Crippen molar-refractivity contribution in [2.24, 2.45) is 0 Å². The first-order valence-electron chi connectivity index (χ1n) is 11.9. The molecule has 4 aromatic rings. The molecule has 1 aliphatic heterocycles. The molecule has 0 radical (unpaired) electrons. The zero-order valence-electron chi connectivity index (χ0n) is 20.8. The number of benzene rings is 3. The maximum Gasteiger partial charge on any atom is 0.229 e. The second kappa shape index (κ2) is 10.3. The van der Waals surface area contributed by atoms with E-state index in [4.69, 9.17) is 25.5 Å². The smallest absolute Gasteiger partial charge is 0.229 e. The van der Waals surface area contributed by atoms with Gasteiger partial charge in [-0.3, -0.25) is 4.79 Å². The second-order valence-electron chi connectivity index (χ2n) is 8.88. The summed E-state index contributed by atoms with van der Waals surface area (Å²) in [5.41, 5.74) is 3.85. The second-order valence-corrected chi connectivity index (χ2v) is 9.28. The number of fused-ring (bicyclic) bond motifs is 1. The minimum atomic E-state index is -0.417. The average Bonchev–Trinajstić information content (AvgIpc) is 3.27. The molecule has 0 spiro atoms. The van der Waals surface area contributed by atoms with Crippen molar-refractivity contribution in [1.82, 2.24) is 9.88 Å². The van der Waals surface area contributed by atoms with E-state index in [0.717, 1.165) is 16.7 Å². The molecule has 0 unspecified atom stereocenters. The van der Waals surface area contributed by atoms with Crippen molar-refractivity contribution >= 4 is 17.5 Å². The monoisotopic (exact) mass is 520 g/mol. The molecule has 190 valence electrons. The van der Waals surface area contributed by atoms with E-state index in [1.165, 1.54) is 12.1 Å². The van der Waals surface area contributed by atoms with Crippen LogP contribution in [0.3, 0.4) is 0 Å². The highest BCUT2D eigenvalue weighted by Crippen LogP contribution is 2.43. The molecule has 1 atom stereocenters. The lowest BCUT2D eigenvalue weighted by Gasteiger charge is -2.38. The predicted octanol–water partition coefficient (Wildman–Crippen LogP) is 6.18. The van der Waals surface area contributed by atoms with Crippen molar-refractivity contribution in [3.05, 3.63) is 99.6 Å². The third-order valence-electron chi connectivity index (χ3n) is 6.68. The van der Waals surface area contributed by atoms with Crippen molar-refractivity contribution in [3.63, 3.8) is 0 Å². The number of oxazole rings is 1. The zero-order valence-corrected chi connectivity index (χ0v) is 21.5. The summed E-state index contributed by atoms with van der Waals surface area (Å²) in [6.45, 7) is 2.25. The van der Waals surface area contributed by atoms with Crippen LogP contribution in [0.2, 0.25) is 5.02 Å². The minimum absolute atomic E-state index is 0.0359. The molecule has 2 heterocycles. The van der Waals surface area contributed by atoms with Gasteiger partial charge in [-0.2, -0.15) is 0 Å². The van der Waals surface area contributed by atoms with E-state index in [0.29, 0.717) is 46.5 Å². The summed E-state index contributed by atoms with van der Waals surface area (Å²) in [6.07, 6.45) is 0.683. The van der Waals surface area contributed by atoms with Crippen molar-refractivity contribution in [2.75, 3.05) is 20.8 Å². The molecular formula is C29H26ClFN2O4. The van der Waals surface area contributed by atoms with Gasteiger partial charge < -0.3 is 18.8 Å². The molecule has 0 saturated carbocycles. The van der Waals surface area contributed by atoms with E-state index in [1.54, 1.807) is 33.3 Å². The van der Waals surface area contributed by atoms with Crippen LogP contribution in [-0.4, -0.2) is 36.6 Å². The first-order chi connectivity index (χ1) is 17.9. The summed E-state index contributed by atoms with van der Waals surface area (Å²) in [4.78, 5) is 20.1. The Balaban J connectivity index is 1.52. The van der Waals surface area contributed by atoms with Crippen LogP contribution in [0.5, 0.6) is 11.5 Å². The SMILES string of the molecule is COc1cc2c(cc1OC)[C@H](c1ccccc1Cl)N(C(=O)Cc1nc(-c3cccc(F)c3)oc1C)CC2. The van der Waals surface area contributed by atoms with Crippen LogP contribution in [0.25, 0.3) is 11.5 Å². The Morgan fingerprint density at radius 3 is 2.57 bits per heavy atom. The highest BCUT2D eigenvalue weighted by molar-refractivity contribution is 6.31. The fourth-order valence-corrected chi connectivity index (χ4v) is 5.07. The normalized spacial score (nSPS) is 14.8. The first-order valence-corrected chi connectivity index (χ1v) is 12.3. The van der Waals surface area contributed by atoms with Crippen LogP contribution in [0.15, 0.2) is 65.1 Å². The number of hydrogen-bond donors (Lipinski definition) is 0. The lowest BCUT2D eigenvalue weighted by atomic mass is 9.87. The number of methoxy groups -OCH3 is 2. The van der Waals surface area contributed by atoms with Crippen LogP contribution < -0.4 is 9.47 Å². The molecule has 0 aliphatic carbocycles. The number of halogens is 2. The number of carbonyl (C=O) groups excluding carboxylic acids is 1. The van der Waals surface area contributed by atoms with Gasteiger partial charge in [0.15, 0.2) is 11.5 Å². The molecule has 3 aromatic carbocycles. The van der Waals surface area contributed by atoms with Gasteiger partial charge in [-0.1, -0.05) is 35.9 Å². The third kappa shape index (κ3) is 4.79. The van der Waals surface area contributed by atoms with Crippen molar-refractivity contribution in [2.45, 2.75) is 25.8 Å². The standard InChI is InChI=1S/C29H26ClFN2O4/c1-17-24(32-29(37-17)19-7-6-8-20(31)13-19)16-27(34)33-12-11-18-14-25(35-2)26(36-3)15-22(18)28(33)21-9-4-5-10-23(21)30/h4-10,13-15,28H,11-12,16H2,1-3H3/t28-/m0/s1. The van der Waals surface area contributed by atoms with E-state index in [1.807, 2.05) is 41.3 Å². The van der Waals surface area contributed by atoms with Gasteiger partial charge in [0.1, 0.15) is 11.6 Å². The van der Waals surface area contributed by atoms with E-state index in [-0.39, 0.29) is 24.0 Å². The minimum Gasteiger partial charge on any atom is -0.493 e. The van der Waals surface area contributed by atoms with Gasteiger partial charge in [-0.15, -0.1) is 0 Å². The number of aromatic nitrogens is 1. The number of carbonyl (C=O) groups is 1. The number of hydrogen-bond acceptors (Lipinski definition) is 5. The Morgan fingerprint density at radius 2 is 1.84 bits per heavy atom. The van der Waals surface area contributed by atoms with Crippen LogP contribution in [0, 0.1) is 12.7 Å². The molecule has 6 nitrogen and oxygen atoms in total. The molecule has 5 rings (SSSR count). The van der Waals surface area contributed by atoms with Gasteiger partial charge in [-0.25, -0.2) is 9.37 Å². The van der Waals surface area contributed by atoms with Crippen LogP contribution in [0.4, 0.5) is 4.39 Å². The summed E-state index contributed by atoms with van der Waals surface area (Å²) in [5, 5.41) is 0.568. The maximum absolute atomic E-state index is 13.8. The van der Waals surface area contributed by atoms with Crippen molar-refractivity contribution in [3.8, 4) is 23.0 Å². The fraction of sp³-hybridized carbons (Fsp3) is 0.241. The Hall–Kier alpha value is -3.84. The summed E-state index contributed by atoms with van der Waals surface area (Å²) in [7, 11) is 3.19. The molecule has 37 heavy (non-hydrogen) atoms. The number of ether oxygens (including phenoxy) is 2. The van der Waals surface area contributed by atoms with Crippen LogP contribution in [-0.2, 0) is 17.6 Å². The Bertz CT molecular complexity index is 1470. The molecule has 0 N–H and O–H groups in total. The maximum atomic E-state index is 13.8. The van der Waals surface area contributed by atoms with E-state index in [2.05, 4.69) is 4.98 Å². The summed E-state index contributed by atoms with van der Waals surface area (Å²) >= 11 is 6.64. The zero-order chi connectivity index (χ0) is 26.1. The number of aryl methyl sites for hydroxylation is 1. The van der Waals surface area contributed by atoms with Gasteiger partial charge in [-0.05, 0) is 66.4 Å². The Labute approximate surface area is 219 Å². The third-order valence-corrected chi connectivity index (χ3v) is 7.02. The topological polar surface area (TPSA) is 64.8 Å². The number of nitrogens with zero attached hydrogens (tertiary/aromatic N) is 2. The molecule has 1 aromatic heterocycles. The van der Waals surface area contributed by atoms with Crippen LogP contribution in [0.1, 0.15) is 34.2 Å². The summed E-state index contributed by atoms with van der Waals surface area (Å²) in [5.74, 6) is 1.52. The lowest BCUT2D eigenvalue weighted by molar-refractivity contribution is -0.132. The Kier molecular flexibility index (Phi) is 6.89. The lowest BCUT2D eigenvalue weighted by Crippen LogP contribution is -2.41. The van der Waals surface area contributed by atoms with Crippen molar-refractivity contribution < 1.29 is 23.1 Å². The van der Waals surface area contributed by atoms with Gasteiger partial charge in [0.25, 0.3) is 0 Å². The van der Waals surface area contributed by atoms with Gasteiger partial charge in [0, 0.05) is 17.1 Å². The molecule has 0 fully saturated rings. The fourth-order valence-electron chi connectivity index (χ4n) is 4.83. The van der Waals surface area contributed by atoms with E-state index in [9.17, 15) is 9.18 Å². The largest absolute Gasteiger partial charge is 0.493 e. The molecule has 1 aliphatic rings. The molecule has 8 heteroatoms. The average molecular weight is 521 g/mol. The molecule has 0 saturated heterocycles. The molecular weight excluding hydrogens is 495 g/mol. The summed E-state index contributed by atoms with van der Waals surface area (Å²) in [6, 6.07) is 17.0. The number of rotatable bonds is 6. The van der Waals surface area contributed by atoms with Crippen molar-refractivity contribution in [1.29, 1.82) is 0 Å². The Morgan fingerprint density at radius 1 is 1.08 bits per heavy atom. The highest BCUT2D eigenvalue weighted by atomic mass is 35.5. The first kappa shape index (κ1) is 24.8. The van der Waals surface area contributed by atoms with E-state index < -0.39 is 6.04 Å². The van der Waals surface area contributed by atoms with Gasteiger partial charge in [0.2, 0.25) is 11.8 Å². The predicted molar refractivity (Wildman–Crippen MR) is 139 cm³/mol. The van der Waals surface area contributed by atoms with E-state index >= 15 is 0 Å². The van der Waals surface area contributed by atoms with Crippen LogP contribution >= 0.6 is 11.6 Å².